The number of nitrogens with one attached hydrogen (secondary N) is 1. The van der Waals surface area contributed by atoms with Crippen LogP contribution in [0.2, 0.25) is 0 Å². The molecule has 0 unspecified atom stereocenters. The van der Waals surface area contributed by atoms with Crippen molar-refractivity contribution >= 4 is 17.7 Å². The van der Waals surface area contributed by atoms with Crippen molar-refractivity contribution in [2.75, 3.05) is 12.9 Å². The quantitative estimate of drug-likeness (QED) is 0.552. The summed E-state index contributed by atoms with van der Waals surface area (Å²) in [6.45, 7) is 0. The summed E-state index contributed by atoms with van der Waals surface area (Å²) in [7, 11) is 1.64. The number of aromatic nitrogens is 2. The largest absolute Gasteiger partial charge is 0.495 e. The maximum Gasteiger partial charge on any atom is 0.231 e. The summed E-state index contributed by atoms with van der Waals surface area (Å²) in [6.07, 6.45) is 5.19. The van der Waals surface area contributed by atoms with E-state index in [1.807, 2.05) is 65.4 Å². The molecule has 1 saturated carbocycles. The van der Waals surface area contributed by atoms with Crippen LogP contribution < -0.4 is 10.1 Å². The van der Waals surface area contributed by atoms with Crippen LogP contribution in [-0.4, -0.2) is 33.9 Å². The van der Waals surface area contributed by atoms with Crippen LogP contribution in [0.25, 0.3) is 16.9 Å². The number of rotatable bonds is 7. The first kappa shape index (κ1) is 21.0. The number of imidazole rings is 1. The number of nitrogens with zero attached hydrogens (tertiary/aromatic N) is 3. The molecule has 1 heterocycles. The first-order valence-corrected chi connectivity index (χ1v) is 11.3. The number of benzene rings is 2. The average molecular weight is 433 g/mol. The van der Waals surface area contributed by atoms with Gasteiger partial charge in [-0.2, -0.15) is 5.26 Å². The number of hydrogen-bond acceptors (Lipinski definition) is 5. The Morgan fingerprint density at radius 3 is 2.61 bits per heavy atom. The summed E-state index contributed by atoms with van der Waals surface area (Å²) in [4.78, 5) is 17.3. The van der Waals surface area contributed by atoms with Gasteiger partial charge in [0.25, 0.3) is 0 Å². The minimum Gasteiger partial charge on any atom is -0.495 e. The predicted molar refractivity (Wildman–Crippen MR) is 121 cm³/mol. The van der Waals surface area contributed by atoms with Crippen LogP contribution >= 0.6 is 11.8 Å². The van der Waals surface area contributed by atoms with Crippen LogP contribution in [0, 0.1) is 11.3 Å². The molecule has 31 heavy (non-hydrogen) atoms. The van der Waals surface area contributed by atoms with Gasteiger partial charge in [0.15, 0.2) is 5.16 Å². The second kappa shape index (κ2) is 9.27. The molecule has 1 N–H and O–H groups in total. The second-order valence-electron chi connectivity index (χ2n) is 7.54. The lowest BCUT2D eigenvalue weighted by Gasteiger charge is -2.21. The number of carbonyl (C=O) groups is 1. The van der Waals surface area contributed by atoms with Crippen molar-refractivity contribution in [1.82, 2.24) is 14.9 Å². The molecule has 0 radical (unpaired) electrons. The van der Waals surface area contributed by atoms with E-state index in [2.05, 4.69) is 16.4 Å². The lowest BCUT2D eigenvalue weighted by molar-refractivity contribution is -0.119. The number of thioether (sulfide) groups is 1. The SMILES string of the molecule is COc1ccccc1-n1c(-c2ccccc2)cnc1SCC(=O)NC1(C#N)CCCC1. The zero-order valence-electron chi connectivity index (χ0n) is 17.4. The smallest absolute Gasteiger partial charge is 0.231 e. The van der Waals surface area contributed by atoms with E-state index in [1.54, 1.807) is 7.11 Å². The molecular formula is C24H24N4O2S. The van der Waals surface area contributed by atoms with Crippen molar-refractivity contribution in [3.63, 3.8) is 0 Å². The zero-order chi connectivity index (χ0) is 21.7. The van der Waals surface area contributed by atoms with E-state index in [-0.39, 0.29) is 11.7 Å². The molecule has 0 atom stereocenters. The summed E-state index contributed by atoms with van der Waals surface area (Å²) >= 11 is 1.35. The minimum atomic E-state index is -0.717. The van der Waals surface area contributed by atoms with Crippen LogP contribution in [0.15, 0.2) is 66.0 Å². The molecule has 4 rings (SSSR count). The molecule has 2 aromatic carbocycles. The molecule has 1 amide bonds. The summed E-state index contributed by atoms with van der Waals surface area (Å²) in [5.74, 6) is 0.756. The minimum absolute atomic E-state index is 0.149. The monoisotopic (exact) mass is 432 g/mol. The predicted octanol–water partition coefficient (Wildman–Crippen LogP) is 4.59. The Kier molecular flexibility index (Phi) is 6.28. The standard InChI is InChI=1S/C24H24N4O2S/c1-30-21-12-6-5-11-19(21)28-20(18-9-3-2-4-10-18)15-26-23(28)31-16-22(29)27-24(17-25)13-7-8-14-24/h2-6,9-12,15H,7-8,13-14,16H2,1H3,(H,27,29). The van der Waals surface area contributed by atoms with Crippen molar-refractivity contribution < 1.29 is 9.53 Å². The fraction of sp³-hybridized carbons (Fsp3) is 0.292. The van der Waals surface area contributed by atoms with Gasteiger partial charge in [0, 0.05) is 5.56 Å². The van der Waals surface area contributed by atoms with Gasteiger partial charge in [0.05, 0.1) is 36.5 Å². The number of hydrogen-bond donors (Lipinski definition) is 1. The molecule has 0 saturated heterocycles. The van der Waals surface area contributed by atoms with Gasteiger partial charge in [-0.05, 0) is 37.8 Å². The first-order valence-electron chi connectivity index (χ1n) is 10.3. The topological polar surface area (TPSA) is 79.9 Å². The number of ether oxygens (including phenoxy) is 1. The van der Waals surface area contributed by atoms with Crippen LogP contribution in [0.3, 0.4) is 0 Å². The third-order valence-electron chi connectivity index (χ3n) is 5.51. The first-order chi connectivity index (χ1) is 15.2. The molecule has 1 aliphatic rings. The van der Waals surface area contributed by atoms with Crippen molar-refractivity contribution in [3.05, 3.63) is 60.8 Å². The highest BCUT2D eigenvalue weighted by Gasteiger charge is 2.35. The van der Waals surface area contributed by atoms with E-state index >= 15 is 0 Å². The number of para-hydroxylation sites is 2. The van der Waals surface area contributed by atoms with Crippen LogP contribution in [0.5, 0.6) is 5.75 Å². The average Bonchev–Trinajstić information content (AvgIpc) is 3.46. The van der Waals surface area contributed by atoms with Crippen LogP contribution in [0.4, 0.5) is 0 Å². The lowest BCUT2D eigenvalue weighted by atomic mass is 10.0. The van der Waals surface area contributed by atoms with E-state index in [0.29, 0.717) is 18.0 Å². The molecule has 7 heteroatoms. The molecular weight excluding hydrogens is 408 g/mol. The van der Waals surface area contributed by atoms with Crippen LogP contribution in [-0.2, 0) is 4.79 Å². The van der Waals surface area contributed by atoms with Gasteiger partial charge in [-0.15, -0.1) is 0 Å². The molecule has 1 aliphatic carbocycles. The van der Waals surface area contributed by atoms with Crippen molar-refractivity contribution in [3.8, 4) is 28.8 Å². The Bertz CT molecular complexity index is 1100. The second-order valence-corrected chi connectivity index (χ2v) is 8.48. The van der Waals surface area contributed by atoms with Gasteiger partial charge in [0.2, 0.25) is 5.91 Å². The van der Waals surface area contributed by atoms with Crippen molar-refractivity contribution in [2.45, 2.75) is 36.4 Å². The van der Waals surface area contributed by atoms with Crippen LogP contribution in [0.1, 0.15) is 25.7 Å². The van der Waals surface area contributed by atoms with E-state index in [9.17, 15) is 10.1 Å². The van der Waals surface area contributed by atoms with Gasteiger partial charge in [-0.3, -0.25) is 9.36 Å². The van der Waals surface area contributed by atoms with Crippen molar-refractivity contribution in [2.24, 2.45) is 0 Å². The Morgan fingerprint density at radius 1 is 1.19 bits per heavy atom. The van der Waals surface area contributed by atoms with E-state index in [0.717, 1.165) is 35.5 Å². The molecule has 0 aliphatic heterocycles. The summed E-state index contributed by atoms with van der Waals surface area (Å²) < 4.78 is 7.60. The zero-order valence-corrected chi connectivity index (χ0v) is 18.2. The Hall–Kier alpha value is -3.24. The Balaban J connectivity index is 1.63. The van der Waals surface area contributed by atoms with Gasteiger partial charge >= 0.3 is 0 Å². The molecule has 0 bridgehead atoms. The van der Waals surface area contributed by atoms with Gasteiger partial charge in [-0.1, -0.05) is 54.2 Å². The Morgan fingerprint density at radius 2 is 1.90 bits per heavy atom. The van der Waals surface area contributed by atoms with E-state index in [1.165, 1.54) is 11.8 Å². The normalized spacial score (nSPS) is 14.7. The summed E-state index contributed by atoms with van der Waals surface area (Å²) in [6, 6.07) is 20.1. The van der Waals surface area contributed by atoms with Gasteiger partial charge in [0.1, 0.15) is 11.3 Å². The maximum atomic E-state index is 12.6. The fourth-order valence-electron chi connectivity index (χ4n) is 3.97. The Labute approximate surface area is 186 Å². The molecule has 3 aromatic rings. The summed E-state index contributed by atoms with van der Waals surface area (Å²) in [5.41, 5.74) is 2.07. The van der Waals surface area contributed by atoms with Gasteiger partial charge < -0.3 is 10.1 Å². The lowest BCUT2D eigenvalue weighted by Crippen LogP contribution is -2.45. The molecule has 6 nitrogen and oxygen atoms in total. The number of nitriles is 1. The molecule has 1 fully saturated rings. The highest BCUT2D eigenvalue weighted by atomic mass is 32.2. The summed E-state index contributed by atoms with van der Waals surface area (Å²) in [5, 5.41) is 13.2. The number of methoxy groups -OCH3 is 1. The third kappa shape index (κ3) is 4.44. The van der Waals surface area contributed by atoms with Gasteiger partial charge in [-0.25, -0.2) is 4.98 Å². The highest BCUT2D eigenvalue weighted by molar-refractivity contribution is 7.99. The van der Waals surface area contributed by atoms with Crippen molar-refractivity contribution in [1.29, 1.82) is 5.26 Å². The highest BCUT2D eigenvalue weighted by Crippen LogP contribution is 2.34. The molecule has 1 aromatic heterocycles. The maximum absolute atomic E-state index is 12.6. The third-order valence-corrected chi connectivity index (χ3v) is 6.46. The number of amides is 1. The molecule has 158 valence electrons. The fourth-order valence-corrected chi connectivity index (χ4v) is 4.76. The van der Waals surface area contributed by atoms with E-state index < -0.39 is 5.54 Å². The molecule has 0 spiro atoms. The number of carbonyl (C=O) groups excluding carboxylic acids is 1. The van der Waals surface area contributed by atoms with E-state index in [4.69, 9.17) is 4.74 Å².